The Morgan fingerprint density at radius 3 is 1.03 bits per heavy atom. The zero-order valence-corrected chi connectivity index (χ0v) is 41.7. The van der Waals surface area contributed by atoms with Crippen LogP contribution in [0.5, 0.6) is 0 Å². The molecule has 15 rings (SSSR count). The van der Waals surface area contributed by atoms with Gasteiger partial charge in [-0.2, -0.15) is 0 Å². The van der Waals surface area contributed by atoms with Crippen LogP contribution in [0.15, 0.2) is 291 Å². The van der Waals surface area contributed by atoms with Crippen LogP contribution in [-0.2, 0) is 0 Å². The summed E-state index contributed by atoms with van der Waals surface area (Å²) in [5.41, 5.74) is 16.8. The Morgan fingerprint density at radius 2 is 0.447 bits per heavy atom. The first-order chi connectivity index (χ1) is 37.7. The molecule has 0 atom stereocenters. The van der Waals surface area contributed by atoms with Gasteiger partial charge in [-0.1, -0.05) is 243 Å². The lowest BCUT2D eigenvalue weighted by Gasteiger charge is -2.23. The Morgan fingerprint density at radius 1 is 0.118 bits per heavy atom. The van der Waals surface area contributed by atoms with E-state index in [4.69, 9.17) is 0 Å². The molecule has 0 saturated carbocycles. The summed E-state index contributed by atoms with van der Waals surface area (Å²) in [6.45, 7) is 0. The van der Waals surface area contributed by atoms with Gasteiger partial charge in [0.05, 0.1) is 0 Å². The van der Waals surface area contributed by atoms with Gasteiger partial charge in [0.2, 0.25) is 0 Å². The topological polar surface area (TPSA) is 0 Å². The molecule has 0 nitrogen and oxygen atoms in total. The summed E-state index contributed by atoms with van der Waals surface area (Å²) >= 11 is 0. The largest absolute Gasteiger partial charge is 0.0622 e. The van der Waals surface area contributed by atoms with Crippen LogP contribution in [0.25, 0.3) is 153 Å². The second-order valence-corrected chi connectivity index (χ2v) is 20.3. The molecule has 0 aliphatic heterocycles. The van der Waals surface area contributed by atoms with Gasteiger partial charge in [0, 0.05) is 0 Å². The van der Waals surface area contributed by atoms with Crippen molar-refractivity contribution < 1.29 is 0 Å². The molecule has 0 heterocycles. The number of hydrogen-bond donors (Lipinski definition) is 0. The van der Waals surface area contributed by atoms with Crippen LogP contribution < -0.4 is 0 Å². The van der Waals surface area contributed by atoms with E-state index in [-0.39, 0.29) is 0 Å². The van der Waals surface area contributed by atoms with E-state index in [1.165, 1.54) is 153 Å². The molecule has 0 spiro atoms. The molecule has 0 amide bonds. The third-order valence-electron chi connectivity index (χ3n) is 15.9. The van der Waals surface area contributed by atoms with Crippen LogP contribution in [-0.4, -0.2) is 0 Å². The van der Waals surface area contributed by atoms with Gasteiger partial charge in [-0.3, -0.25) is 0 Å². The maximum atomic E-state index is 2.56. The summed E-state index contributed by atoms with van der Waals surface area (Å²) in [6, 6.07) is 109. The SMILES string of the molecule is c1ccc(-c2ccc3c(-c4cccc(-c5ccc6ccccc6c5)c4)c4cc5c(cc4c(-c4cccc(-c6ccc7ccccc7c6)c4)c3c2)c(-c2ccccc2)c(-c2ccc3ccccc3c2)c2ccccc25)cc1. The third-order valence-corrected chi connectivity index (χ3v) is 15.9. The van der Waals surface area contributed by atoms with Crippen molar-refractivity contribution in [1.82, 2.24) is 0 Å². The van der Waals surface area contributed by atoms with E-state index in [1.54, 1.807) is 0 Å². The third kappa shape index (κ3) is 7.37. The highest BCUT2D eigenvalue weighted by Crippen LogP contribution is 2.51. The zero-order valence-electron chi connectivity index (χ0n) is 41.7. The number of fused-ring (bicyclic) bond motifs is 8. The molecule has 0 aromatic heterocycles. The highest BCUT2D eigenvalue weighted by atomic mass is 14.3. The van der Waals surface area contributed by atoms with Crippen molar-refractivity contribution in [2.75, 3.05) is 0 Å². The highest BCUT2D eigenvalue weighted by molar-refractivity contribution is 6.30. The standard InChI is InChI=1S/C76H48/c1-3-17-49(18-4-1)61-39-40-67-69(46-61)74(63-30-16-28-58(45-63)60-37-34-51-20-8-11-25-55(51)42-60)72-48-70-68(47-71(72)73(67)62-29-15-27-57(44-62)59-36-33-50-19-7-10-24-54(50)41-59)65-31-13-14-32-66(65)76(75(70)53-22-5-2-6-23-53)64-38-35-52-21-9-12-26-56(52)43-64/h1-48H. The van der Waals surface area contributed by atoms with Crippen LogP contribution in [0.3, 0.4) is 0 Å². The number of benzene rings is 15. The van der Waals surface area contributed by atoms with E-state index in [9.17, 15) is 0 Å². The minimum atomic E-state index is 1.18. The van der Waals surface area contributed by atoms with Gasteiger partial charge in [0.25, 0.3) is 0 Å². The lowest BCUT2D eigenvalue weighted by molar-refractivity contribution is 1.61. The quantitative estimate of drug-likeness (QED) is 0.110. The number of rotatable bonds is 7. The van der Waals surface area contributed by atoms with Crippen molar-refractivity contribution in [3.05, 3.63) is 291 Å². The summed E-state index contributed by atoms with van der Waals surface area (Å²) in [5, 5.41) is 17.2. The molecule has 0 heteroatoms. The summed E-state index contributed by atoms with van der Waals surface area (Å²) in [7, 11) is 0. The summed E-state index contributed by atoms with van der Waals surface area (Å²) < 4.78 is 0. The normalized spacial score (nSPS) is 11.7. The van der Waals surface area contributed by atoms with Crippen molar-refractivity contribution in [2.45, 2.75) is 0 Å². The molecule has 0 N–H and O–H groups in total. The predicted molar refractivity (Wildman–Crippen MR) is 327 cm³/mol. The first-order valence-corrected chi connectivity index (χ1v) is 26.4. The van der Waals surface area contributed by atoms with Crippen LogP contribution in [0.4, 0.5) is 0 Å². The highest BCUT2D eigenvalue weighted by Gasteiger charge is 2.24. The molecule has 15 aromatic rings. The summed E-state index contributed by atoms with van der Waals surface area (Å²) in [6.07, 6.45) is 0. The molecule has 0 aliphatic rings. The van der Waals surface area contributed by atoms with Gasteiger partial charge >= 0.3 is 0 Å². The molecular formula is C76H48. The lowest BCUT2D eigenvalue weighted by atomic mass is 9.80. The van der Waals surface area contributed by atoms with Gasteiger partial charge in [-0.05, 0) is 202 Å². The zero-order chi connectivity index (χ0) is 50.1. The van der Waals surface area contributed by atoms with E-state index in [0.717, 1.165) is 0 Å². The van der Waals surface area contributed by atoms with Gasteiger partial charge in [0.15, 0.2) is 0 Å². The van der Waals surface area contributed by atoms with Crippen molar-refractivity contribution in [1.29, 1.82) is 0 Å². The average Bonchev–Trinajstić information content (AvgIpc) is 3.60. The Hall–Kier alpha value is -9.88. The molecule has 0 bridgehead atoms. The molecule has 0 fully saturated rings. The van der Waals surface area contributed by atoms with Crippen LogP contribution in [0.1, 0.15) is 0 Å². The molecule has 0 aliphatic carbocycles. The summed E-state index contributed by atoms with van der Waals surface area (Å²) in [5.74, 6) is 0. The minimum absolute atomic E-state index is 1.18. The molecule has 76 heavy (non-hydrogen) atoms. The van der Waals surface area contributed by atoms with Crippen molar-refractivity contribution in [2.24, 2.45) is 0 Å². The Balaban J connectivity index is 1.11. The van der Waals surface area contributed by atoms with Gasteiger partial charge in [0.1, 0.15) is 0 Å². The van der Waals surface area contributed by atoms with Gasteiger partial charge < -0.3 is 0 Å². The summed E-state index contributed by atoms with van der Waals surface area (Å²) in [4.78, 5) is 0. The van der Waals surface area contributed by atoms with E-state index >= 15 is 0 Å². The first-order valence-electron chi connectivity index (χ1n) is 26.4. The molecule has 0 unspecified atom stereocenters. The smallest absolute Gasteiger partial charge is 0.00201 e. The van der Waals surface area contributed by atoms with E-state index in [2.05, 4.69) is 291 Å². The van der Waals surface area contributed by atoms with Crippen molar-refractivity contribution >= 4 is 75.4 Å². The molecule has 0 radical (unpaired) electrons. The van der Waals surface area contributed by atoms with Gasteiger partial charge in [-0.15, -0.1) is 0 Å². The Bertz CT molecular complexity index is 4790. The Labute approximate surface area is 442 Å². The predicted octanol–water partition coefficient (Wildman–Crippen LogP) is 21.4. The minimum Gasteiger partial charge on any atom is -0.0622 e. The maximum absolute atomic E-state index is 2.56. The van der Waals surface area contributed by atoms with E-state index < -0.39 is 0 Å². The molecule has 15 aromatic carbocycles. The Kier molecular flexibility index (Phi) is 10.3. The van der Waals surface area contributed by atoms with Crippen molar-refractivity contribution in [3.8, 4) is 77.9 Å². The fraction of sp³-hybridized carbons (Fsp3) is 0. The monoisotopic (exact) mass is 960 g/mol. The maximum Gasteiger partial charge on any atom is -0.00201 e. The van der Waals surface area contributed by atoms with Crippen LogP contribution in [0.2, 0.25) is 0 Å². The average molecular weight is 961 g/mol. The fourth-order valence-electron chi connectivity index (χ4n) is 12.3. The number of hydrogen-bond acceptors (Lipinski definition) is 0. The van der Waals surface area contributed by atoms with Crippen molar-refractivity contribution in [3.63, 3.8) is 0 Å². The van der Waals surface area contributed by atoms with Crippen LogP contribution in [0, 0.1) is 0 Å². The van der Waals surface area contributed by atoms with Crippen LogP contribution >= 0.6 is 0 Å². The van der Waals surface area contributed by atoms with E-state index in [0.29, 0.717) is 0 Å². The van der Waals surface area contributed by atoms with Gasteiger partial charge in [-0.25, -0.2) is 0 Å². The molecule has 352 valence electrons. The van der Waals surface area contributed by atoms with E-state index in [1.807, 2.05) is 0 Å². The fourth-order valence-corrected chi connectivity index (χ4v) is 12.3. The molecule has 0 saturated heterocycles. The second kappa shape index (κ2) is 18.0. The molecular weight excluding hydrogens is 913 g/mol. The first kappa shape index (κ1) is 43.7. The second-order valence-electron chi connectivity index (χ2n) is 20.3. The lowest BCUT2D eigenvalue weighted by Crippen LogP contribution is -1.96.